The quantitative estimate of drug-likeness (QED) is 0.549. The minimum atomic E-state index is -0.205. The fraction of sp³-hybridized carbons (Fsp3) is 0.125. The molecule has 1 nitrogen and oxygen atoms in total. The lowest BCUT2D eigenvalue weighted by Gasteiger charge is -2.15. The highest BCUT2D eigenvalue weighted by atomic mass is 16.1. The molecule has 3 rings (SSSR count). The molecule has 25 heavy (non-hydrogen) atoms. The molecule has 3 aromatic carbocycles. The zero-order valence-electron chi connectivity index (χ0n) is 14.3. The molecule has 3 aromatic rings. The molecule has 0 fully saturated rings. The Morgan fingerprint density at radius 3 is 1.72 bits per heavy atom. The topological polar surface area (TPSA) is 17.1 Å². The molecule has 122 valence electrons. The summed E-state index contributed by atoms with van der Waals surface area (Å²) < 4.78 is 0. The molecule has 0 saturated carbocycles. The second-order valence-electron chi connectivity index (χ2n) is 6.20. The van der Waals surface area contributed by atoms with Crippen molar-refractivity contribution in [3.05, 3.63) is 84.4 Å². The molecule has 0 radical (unpaired) electrons. The Bertz CT molecular complexity index is 844. The van der Waals surface area contributed by atoms with E-state index in [0.717, 1.165) is 27.8 Å². The number of carbonyl (C=O) groups is 1. The van der Waals surface area contributed by atoms with Gasteiger partial charge < -0.3 is 0 Å². The maximum absolute atomic E-state index is 11.6. The lowest BCUT2D eigenvalue weighted by molar-refractivity contribution is -0.117. The predicted molar refractivity (Wildman–Crippen MR) is 104 cm³/mol. The van der Waals surface area contributed by atoms with E-state index in [1.807, 2.05) is 36.4 Å². The minimum absolute atomic E-state index is 0.106. The van der Waals surface area contributed by atoms with E-state index in [4.69, 9.17) is 6.42 Å². The molecule has 0 saturated heterocycles. The molecule has 0 bridgehead atoms. The fourth-order valence-electron chi connectivity index (χ4n) is 3.01. The maximum atomic E-state index is 11.6. The van der Waals surface area contributed by atoms with E-state index < -0.39 is 0 Å². The normalized spacial score (nSPS) is 11.5. The molecule has 0 aromatic heterocycles. The predicted octanol–water partition coefficient (Wildman–Crippen LogP) is 5.72. The van der Waals surface area contributed by atoms with Crippen LogP contribution in [0.5, 0.6) is 0 Å². The smallest absolute Gasteiger partial charge is 0.131 e. The highest BCUT2D eigenvalue weighted by Gasteiger charge is 2.14. The van der Waals surface area contributed by atoms with Crippen LogP contribution in [-0.4, -0.2) is 5.78 Å². The molecular weight excluding hydrogens is 304 g/mol. The summed E-state index contributed by atoms with van der Waals surface area (Å²) in [5.41, 5.74) is 5.51. The van der Waals surface area contributed by atoms with Crippen LogP contribution >= 0.6 is 0 Å². The summed E-state index contributed by atoms with van der Waals surface area (Å²) in [7, 11) is 0. The van der Waals surface area contributed by atoms with E-state index in [-0.39, 0.29) is 11.7 Å². The Morgan fingerprint density at radius 1 is 0.840 bits per heavy atom. The summed E-state index contributed by atoms with van der Waals surface area (Å²) in [6, 6.07) is 26.9. The molecule has 1 heteroatoms. The van der Waals surface area contributed by atoms with E-state index in [0.29, 0.717) is 6.42 Å². The van der Waals surface area contributed by atoms with Gasteiger partial charge in [0.1, 0.15) is 5.78 Å². The molecule has 1 unspecified atom stereocenters. The number of rotatable bonds is 5. The van der Waals surface area contributed by atoms with Crippen LogP contribution in [0.1, 0.15) is 24.8 Å². The van der Waals surface area contributed by atoms with Gasteiger partial charge in [-0.15, -0.1) is 6.42 Å². The van der Waals surface area contributed by atoms with Gasteiger partial charge in [-0.25, -0.2) is 0 Å². The van der Waals surface area contributed by atoms with Gasteiger partial charge in [-0.2, -0.15) is 0 Å². The summed E-state index contributed by atoms with van der Waals surface area (Å²) in [6.07, 6.45) is 6.09. The third-order valence-corrected chi connectivity index (χ3v) is 4.26. The van der Waals surface area contributed by atoms with E-state index in [1.165, 1.54) is 0 Å². The number of hydrogen-bond donors (Lipinski definition) is 0. The Kier molecular flexibility index (Phi) is 5.11. The number of hydrogen-bond acceptors (Lipinski definition) is 1. The Balaban J connectivity index is 2.15. The molecule has 0 aliphatic carbocycles. The average molecular weight is 324 g/mol. The van der Waals surface area contributed by atoms with Crippen LogP contribution < -0.4 is 0 Å². The van der Waals surface area contributed by atoms with Crippen LogP contribution in [-0.2, 0) is 4.79 Å². The molecule has 0 amide bonds. The van der Waals surface area contributed by atoms with Crippen LogP contribution in [0.15, 0.2) is 78.9 Å². The molecule has 0 spiro atoms. The van der Waals surface area contributed by atoms with E-state index in [2.05, 4.69) is 48.4 Å². The van der Waals surface area contributed by atoms with Gasteiger partial charge in [0.05, 0.1) is 5.92 Å². The van der Waals surface area contributed by atoms with Crippen molar-refractivity contribution in [1.29, 1.82) is 0 Å². The summed E-state index contributed by atoms with van der Waals surface area (Å²) in [4.78, 5) is 11.6. The maximum Gasteiger partial charge on any atom is 0.131 e. The fourth-order valence-corrected chi connectivity index (χ4v) is 3.01. The zero-order chi connectivity index (χ0) is 17.6. The first-order valence-electron chi connectivity index (χ1n) is 8.39. The number of ketones is 1. The first-order chi connectivity index (χ1) is 12.2. The first kappa shape index (κ1) is 16.7. The van der Waals surface area contributed by atoms with Crippen molar-refractivity contribution in [2.75, 3.05) is 0 Å². The third-order valence-electron chi connectivity index (χ3n) is 4.26. The van der Waals surface area contributed by atoms with Crippen molar-refractivity contribution in [1.82, 2.24) is 0 Å². The highest BCUT2D eigenvalue weighted by molar-refractivity contribution is 5.78. The van der Waals surface area contributed by atoms with Gasteiger partial charge >= 0.3 is 0 Å². The zero-order valence-corrected chi connectivity index (χ0v) is 14.3. The first-order valence-corrected chi connectivity index (χ1v) is 8.39. The van der Waals surface area contributed by atoms with E-state index in [1.54, 1.807) is 6.92 Å². The monoisotopic (exact) mass is 324 g/mol. The molecule has 0 N–H and O–H groups in total. The Morgan fingerprint density at radius 2 is 1.32 bits per heavy atom. The Hall–Kier alpha value is -3.11. The Labute approximate surface area is 149 Å². The summed E-state index contributed by atoms with van der Waals surface area (Å²) >= 11 is 0. The minimum Gasteiger partial charge on any atom is -0.300 e. The van der Waals surface area contributed by atoms with E-state index >= 15 is 0 Å². The summed E-state index contributed by atoms with van der Waals surface area (Å²) in [5.74, 6) is 2.69. The van der Waals surface area contributed by atoms with Gasteiger partial charge in [0, 0.05) is 6.42 Å². The van der Waals surface area contributed by atoms with Gasteiger partial charge in [-0.1, -0.05) is 66.6 Å². The molecule has 1 atom stereocenters. The molecule has 0 aliphatic heterocycles. The standard InChI is InChI=1S/C24H20O/c1-3-19(14-18(2)25)22-15-23(20-10-6-4-7-11-20)17-24(16-22)21-12-8-5-9-13-21/h1,4-13,15-17,19H,14H2,2H3. The molecular formula is C24H20O. The van der Waals surface area contributed by atoms with Crippen LogP contribution in [0.25, 0.3) is 22.3 Å². The van der Waals surface area contributed by atoms with Crippen LogP contribution in [0.3, 0.4) is 0 Å². The number of terminal acetylenes is 1. The second kappa shape index (κ2) is 7.64. The summed E-state index contributed by atoms with van der Waals surface area (Å²) in [5, 5.41) is 0. The van der Waals surface area contributed by atoms with Gasteiger partial charge in [0.25, 0.3) is 0 Å². The van der Waals surface area contributed by atoms with Crippen LogP contribution in [0, 0.1) is 12.3 Å². The van der Waals surface area contributed by atoms with Crippen LogP contribution in [0.4, 0.5) is 0 Å². The SMILES string of the molecule is C#CC(CC(C)=O)c1cc(-c2ccccc2)cc(-c2ccccc2)c1. The van der Waals surface area contributed by atoms with Gasteiger partial charge in [-0.05, 0) is 52.9 Å². The van der Waals surface area contributed by atoms with Crippen molar-refractivity contribution >= 4 is 5.78 Å². The van der Waals surface area contributed by atoms with Crippen molar-refractivity contribution in [2.24, 2.45) is 0 Å². The largest absolute Gasteiger partial charge is 0.300 e. The number of carbonyl (C=O) groups excluding carboxylic acids is 1. The van der Waals surface area contributed by atoms with Gasteiger partial charge in [0.2, 0.25) is 0 Å². The average Bonchev–Trinajstić information content (AvgIpc) is 2.67. The molecule has 0 heterocycles. The van der Waals surface area contributed by atoms with Crippen LogP contribution in [0.2, 0.25) is 0 Å². The summed E-state index contributed by atoms with van der Waals surface area (Å²) in [6.45, 7) is 1.59. The van der Waals surface area contributed by atoms with E-state index in [9.17, 15) is 4.79 Å². The van der Waals surface area contributed by atoms with Gasteiger partial charge in [0.15, 0.2) is 0 Å². The van der Waals surface area contributed by atoms with Crippen molar-refractivity contribution in [3.8, 4) is 34.6 Å². The number of benzene rings is 3. The van der Waals surface area contributed by atoms with Crippen molar-refractivity contribution < 1.29 is 4.79 Å². The van der Waals surface area contributed by atoms with Gasteiger partial charge in [-0.3, -0.25) is 4.79 Å². The van der Waals surface area contributed by atoms with Crippen molar-refractivity contribution in [3.63, 3.8) is 0 Å². The lowest BCUT2D eigenvalue weighted by Crippen LogP contribution is -2.03. The highest BCUT2D eigenvalue weighted by Crippen LogP contribution is 2.32. The van der Waals surface area contributed by atoms with Crippen molar-refractivity contribution in [2.45, 2.75) is 19.3 Å². The lowest BCUT2D eigenvalue weighted by atomic mass is 9.88. The third kappa shape index (κ3) is 4.05. The molecule has 0 aliphatic rings. The second-order valence-corrected chi connectivity index (χ2v) is 6.20. The number of Topliss-reactive ketones (excluding diaryl/α,β-unsaturated/α-hetero) is 1.